The molecule has 0 heterocycles. The van der Waals surface area contributed by atoms with Crippen LogP contribution in [0.25, 0.3) is 0 Å². The van der Waals surface area contributed by atoms with Gasteiger partial charge in [0.05, 0.1) is 11.1 Å². The van der Waals surface area contributed by atoms with Crippen LogP contribution in [0.1, 0.15) is 30.1 Å². The summed E-state index contributed by atoms with van der Waals surface area (Å²) in [6.07, 6.45) is 1.13. The molecule has 0 saturated heterocycles. The second kappa shape index (κ2) is 7.18. The molecule has 0 radical (unpaired) electrons. The fourth-order valence-corrected chi connectivity index (χ4v) is 1.85. The van der Waals surface area contributed by atoms with Gasteiger partial charge < -0.3 is 10.4 Å². The van der Waals surface area contributed by atoms with Gasteiger partial charge >= 0.3 is 0 Å². The molecule has 0 fully saturated rings. The average Bonchev–Trinajstić information content (AvgIpc) is 2.27. The third-order valence-corrected chi connectivity index (χ3v) is 3.84. The van der Waals surface area contributed by atoms with Crippen LogP contribution in [0.4, 0.5) is 0 Å². The van der Waals surface area contributed by atoms with Crippen molar-refractivity contribution in [2.45, 2.75) is 25.9 Å². The Kier molecular flexibility index (Phi) is 6.22. The van der Waals surface area contributed by atoms with Crippen LogP contribution in [-0.4, -0.2) is 23.7 Å². The molecule has 1 unspecified atom stereocenters. The lowest BCUT2D eigenvalue weighted by atomic mass is 10.2. The molecule has 17 heavy (non-hydrogen) atoms. The molecule has 0 saturated carbocycles. The van der Waals surface area contributed by atoms with Crippen molar-refractivity contribution in [1.29, 1.82) is 0 Å². The number of amides is 1. The highest BCUT2D eigenvalue weighted by atomic mass is 127. The van der Waals surface area contributed by atoms with Crippen LogP contribution in [0.2, 0.25) is 5.02 Å². The monoisotopic (exact) mass is 367 g/mol. The lowest BCUT2D eigenvalue weighted by Gasteiger charge is -2.07. The molecule has 3 nitrogen and oxygen atoms in total. The number of nitrogens with one attached hydrogen (secondary N) is 1. The summed E-state index contributed by atoms with van der Waals surface area (Å²) in [7, 11) is 0. The molecule has 2 N–H and O–H groups in total. The van der Waals surface area contributed by atoms with Gasteiger partial charge in [0.25, 0.3) is 5.91 Å². The van der Waals surface area contributed by atoms with Crippen LogP contribution in [0.5, 0.6) is 0 Å². The molecule has 1 amide bonds. The highest BCUT2D eigenvalue weighted by Crippen LogP contribution is 2.19. The van der Waals surface area contributed by atoms with E-state index in [0.29, 0.717) is 23.6 Å². The van der Waals surface area contributed by atoms with Crippen LogP contribution in [0.15, 0.2) is 18.2 Å². The standard InChI is InChI=1S/C12H15ClINO2/c1-8(16)3-2-6-15-12(17)9-4-5-11(14)10(13)7-9/h4-5,7-8,16H,2-3,6H2,1H3,(H,15,17). The second-order valence-electron chi connectivity index (χ2n) is 3.88. The van der Waals surface area contributed by atoms with E-state index < -0.39 is 0 Å². The number of hydrogen-bond donors (Lipinski definition) is 2. The van der Waals surface area contributed by atoms with E-state index in [1.807, 2.05) is 6.07 Å². The Labute approximate surface area is 120 Å². The summed E-state index contributed by atoms with van der Waals surface area (Å²) < 4.78 is 0.926. The zero-order valence-electron chi connectivity index (χ0n) is 9.54. The smallest absolute Gasteiger partial charge is 0.251 e. The lowest BCUT2D eigenvalue weighted by Crippen LogP contribution is -2.25. The Bertz CT molecular complexity index is 396. The first kappa shape index (κ1) is 14.7. The van der Waals surface area contributed by atoms with Crippen molar-refractivity contribution in [3.63, 3.8) is 0 Å². The summed E-state index contributed by atoms with van der Waals surface area (Å²) in [5.41, 5.74) is 0.562. The highest BCUT2D eigenvalue weighted by Gasteiger charge is 2.07. The minimum absolute atomic E-state index is 0.131. The molecule has 0 aliphatic carbocycles. The van der Waals surface area contributed by atoms with Crippen molar-refractivity contribution < 1.29 is 9.90 Å². The summed E-state index contributed by atoms with van der Waals surface area (Å²) >= 11 is 8.06. The molecule has 5 heteroatoms. The molecule has 0 aliphatic rings. The van der Waals surface area contributed by atoms with Crippen LogP contribution in [0.3, 0.4) is 0 Å². The van der Waals surface area contributed by atoms with Crippen LogP contribution < -0.4 is 5.32 Å². The van der Waals surface area contributed by atoms with Crippen LogP contribution in [0, 0.1) is 3.57 Å². The van der Waals surface area contributed by atoms with Crippen molar-refractivity contribution in [2.75, 3.05) is 6.54 Å². The third kappa shape index (κ3) is 5.23. The highest BCUT2D eigenvalue weighted by molar-refractivity contribution is 14.1. The zero-order valence-corrected chi connectivity index (χ0v) is 12.5. The normalized spacial score (nSPS) is 12.2. The summed E-state index contributed by atoms with van der Waals surface area (Å²) in [5, 5.41) is 12.4. The number of benzene rings is 1. The number of carbonyl (C=O) groups is 1. The van der Waals surface area contributed by atoms with Gasteiger partial charge in [0.1, 0.15) is 0 Å². The van der Waals surface area contributed by atoms with Crippen molar-refractivity contribution in [1.82, 2.24) is 5.32 Å². The zero-order chi connectivity index (χ0) is 12.8. The number of halogens is 2. The van der Waals surface area contributed by atoms with Gasteiger partial charge in [-0.1, -0.05) is 11.6 Å². The van der Waals surface area contributed by atoms with Crippen molar-refractivity contribution in [3.05, 3.63) is 32.4 Å². The topological polar surface area (TPSA) is 49.3 Å². The Balaban J connectivity index is 2.44. The van der Waals surface area contributed by atoms with Crippen molar-refractivity contribution in [2.24, 2.45) is 0 Å². The van der Waals surface area contributed by atoms with E-state index in [-0.39, 0.29) is 12.0 Å². The minimum Gasteiger partial charge on any atom is -0.393 e. The lowest BCUT2D eigenvalue weighted by molar-refractivity contribution is 0.0949. The Morgan fingerprint density at radius 2 is 2.29 bits per heavy atom. The molecule has 94 valence electrons. The molecule has 0 aliphatic heterocycles. The summed E-state index contributed by atoms with van der Waals surface area (Å²) in [4.78, 5) is 11.7. The Morgan fingerprint density at radius 1 is 1.59 bits per heavy atom. The largest absolute Gasteiger partial charge is 0.393 e. The Morgan fingerprint density at radius 3 is 2.88 bits per heavy atom. The van der Waals surface area contributed by atoms with Gasteiger partial charge in [-0.15, -0.1) is 0 Å². The van der Waals surface area contributed by atoms with Gasteiger partial charge in [0.15, 0.2) is 0 Å². The van der Waals surface area contributed by atoms with E-state index in [1.54, 1.807) is 19.1 Å². The van der Waals surface area contributed by atoms with Gasteiger partial charge in [-0.05, 0) is 60.6 Å². The number of aliphatic hydroxyl groups is 1. The summed E-state index contributed by atoms with van der Waals surface area (Å²) in [6, 6.07) is 5.22. The SMILES string of the molecule is CC(O)CCCNC(=O)c1ccc(I)c(Cl)c1. The summed E-state index contributed by atoms with van der Waals surface area (Å²) in [6.45, 7) is 2.30. The number of rotatable bonds is 5. The molecule has 0 aromatic heterocycles. The van der Waals surface area contributed by atoms with Gasteiger partial charge in [-0.3, -0.25) is 4.79 Å². The van der Waals surface area contributed by atoms with Gasteiger partial charge in [-0.2, -0.15) is 0 Å². The maximum Gasteiger partial charge on any atom is 0.251 e. The predicted octanol–water partition coefficient (Wildman–Crippen LogP) is 2.84. The molecule has 1 atom stereocenters. The van der Waals surface area contributed by atoms with E-state index in [9.17, 15) is 4.79 Å². The van der Waals surface area contributed by atoms with Crippen LogP contribution in [-0.2, 0) is 0 Å². The maximum absolute atomic E-state index is 11.7. The quantitative estimate of drug-likeness (QED) is 0.621. The summed E-state index contributed by atoms with van der Waals surface area (Å²) in [5.74, 6) is -0.131. The van der Waals surface area contributed by atoms with Crippen molar-refractivity contribution in [3.8, 4) is 0 Å². The fourth-order valence-electron chi connectivity index (χ4n) is 1.34. The average molecular weight is 368 g/mol. The molecule has 0 bridgehead atoms. The Hall–Kier alpha value is -0.330. The molecule has 0 spiro atoms. The van der Waals surface area contributed by atoms with Crippen molar-refractivity contribution >= 4 is 40.1 Å². The van der Waals surface area contributed by atoms with Gasteiger partial charge in [0, 0.05) is 15.7 Å². The van der Waals surface area contributed by atoms with E-state index in [4.69, 9.17) is 16.7 Å². The molecule has 1 aromatic carbocycles. The minimum atomic E-state index is -0.320. The van der Waals surface area contributed by atoms with E-state index >= 15 is 0 Å². The molecule has 1 aromatic rings. The maximum atomic E-state index is 11.7. The first-order valence-electron chi connectivity index (χ1n) is 5.42. The molecular weight excluding hydrogens is 352 g/mol. The number of aliphatic hydroxyl groups excluding tert-OH is 1. The predicted molar refractivity (Wildman–Crippen MR) is 77.4 cm³/mol. The second-order valence-corrected chi connectivity index (χ2v) is 5.45. The van der Waals surface area contributed by atoms with Gasteiger partial charge in [-0.25, -0.2) is 0 Å². The van der Waals surface area contributed by atoms with E-state index in [0.717, 1.165) is 9.99 Å². The number of carbonyl (C=O) groups excluding carboxylic acids is 1. The van der Waals surface area contributed by atoms with E-state index in [1.165, 1.54) is 0 Å². The fraction of sp³-hybridized carbons (Fsp3) is 0.417. The number of hydrogen-bond acceptors (Lipinski definition) is 2. The van der Waals surface area contributed by atoms with E-state index in [2.05, 4.69) is 27.9 Å². The third-order valence-electron chi connectivity index (χ3n) is 2.27. The first-order chi connectivity index (χ1) is 8.00. The van der Waals surface area contributed by atoms with Crippen LogP contribution >= 0.6 is 34.2 Å². The molecular formula is C12H15ClINO2. The first-order valence-corrected chi connectivity index (χ1v) is 6.87. The van der Waals surface area contributed by atoms with Gasteiger partial charge in [0.2, 0.25) is 0 Å². The molecule has 1 rings (SSSR count).